The summed E-state index contributed by atoms with van der Waals surface area (Å²) in [6.45, 7) is 14.9. The zero-order chi connectivity index (χ0) is 15.4. The fourth-order valence-corrected chi connectivity index (χ4v) is 12.2. The fourth-order valence-electron chi connectivity index (χ4n) is 2.55. The Morgan fingerprint density at radius 2 is 1.50 bits per heavy atom. The smallest absolute Gasteiger partial charge is 0.312 e. The van der Waals surface area contributed by atoms with Crippen LogP contribution in [0.3, 0.4) is 0 Å². The molecule has 20 heavy (non-hydrogen) atoms. The number of hydrogen-bond donors (Lipinski definition) is 0. The number of hydrogen-bond acceptors (Lipinski definition) is 3. The Morgan fingerprint density at radius 1 is 1.00 bits per heavy atom. The molecule has 1 rings (SSSR count). The fraction of sp³-hybridized carbons (Fsp3) is 0.533. The predicted octanol–water partition coefficient (Wildman–Crippen LogP) is 3.95. The molecule has 0 fully saturated rings. The van der Waals surface area contributed by atoms with Crippen molar-refractivity contribution in [3.8, 4) is 5.75 Å². The van der Waals surface area contributed by atoms with Crippen molar-refractivity contribution >= 4 is 22.4 Å². The van der Waals surface area contributed by atoms with E-state index in [0.29, 0.717) is 12.2 Å². The summed E-state index contributed by atoms with van der Waals surface area (Å²) in [6.07, 6.45) is 0.462. The van der Waals surface area contributed by atoms with Crippen LogP contribution in [0.2, 0.25) is 39.3 Å². The van der Waals surface area contributed by atoms with Gasteiger partial charge in [-0.05, 0) is 18.7 Å². The van der Waals surface area contributed by atoms with E-state index in [9.17, 15) is 4.79 Å². The third-order valence-corrected chi connectivity index (χ3v) is 10.8. The lowest BCUT2D eigenvalue weighted by atomic mass is 10.3. The van der Waals surface area contributed by atoms with Gasteiger partial charge in [-0.3, -0.25) is 4.79 Å². The number of para-hydroxylation sites is 1. The summed E-state index contributed by atoms with van der Waals surface area (Å²) in [6, 6.07) is 9.28. The number of ether oxygens (including phenoxy) is 1. The maximum Gasteiger partial charge on any atom is 0.312 e. The summed E-state index contributed by atoms with van der Waals surface area (Å²) in [4.78, 5) is 12.0. The van der Waals surface area contributed by atoms with Crippen LogP contribution in [-0.2, 0) is 4.79 Å². The van der Waals surface area contributed by atoms with Gasteiger partial charge in [-0.1, -0.05) is 57.5 Å². The maximum atomic E-state index is 12.0. The van der Waals surface area contributed by atoms with Gasteiger partial charge in [-0.15, -0.1) is 0 Å². The van der Waals surface area contributed by atoms with Gasteiger partial charge in [0.05, 0.1) is 6.42 Å². The lowest BCUT2D eigenvalue weighted by Crippen LogP contribution is -2.59. The standard InChI is InChI=1S/C15H27NO2Si2/c1-19(2,3)16(20(4,5)6)13-12-15(17)18-14-10-8-7-9-11-14/h7-11H,12-13H2,1-6H3. The first-order valence-electron chi connectivity index (χ1n) is 7.14. The minimum Gasteiger partial charge on any atom is -0.426 e. The Morgan fingerprint density at radius 3 is 1.95 bits per heavy atom. The second kappa shape index (κ2) is 6.69. The van der Waals surface area contributed by atoms with Crippen LogP contribution in [0.5, 0.6) is 5.75 Å². The number of carbonyl (C=O) groups excluding carboxylic acids is 1. The predicted molar refractivity (Wildman–Crippen MR) is 90.1 cm³/mol. The molecule has 0 aliphatic heterocycles. The van der Waals surface area contributed by atoms with Crippen LogP contribution >= 0.6 is 0 Å². The van der Waals surface area contributed by atoms with Crippen LogP contribution in [0.1, 0.15) is 6.42 Å². The average Bonchev–Trinajstić information content (AvgIpc) is 2.26. The van der Waals surface area contributed by atoms with E-state index < -0.39 is 16.5 Å². The zero-order valence-electron chi connectivity index (χ0n) is 13.6. The Labute approximate surface area is 125 Å². The number of nitrogens with zero attached hydrogens (tertiary/aromatic N) is 1. The van der Waals surface area contributed by atoms with Crippen LogP contribution < -0.4 is 4.74 Å². The Bertz CT molecular complexity index is 421. The molecule has 5 heteroatoms. The highest BCUT2D eigenvalue weighted by Gasteiger charge is 2.34. The van der Waals surface area contributed by atoms with Crippen LogP contribution in [0.15, 0.2) is 30.3 Å². The van der Waals surface area contributed by atoms with Crippen molar-refractivity contribution in [1.29, 1.82) is 0 Å². The van der Waals surface area contributed by atoms with Gasteiger partial charge in [0.1, 0.15) is 22.2 Å². The largest absolute Gasteiger partial charge is 0.426 e. The molecule has 0 aliphatic carbocycles. The molecule has 0 radical (unpaired) electrons. The van der Waals surface area contributed by atoms with Crippen molar-refractivity contribution in [2.24, 2.45) is 0 Å². The van der Waals surface area contributed by atoms with Crippen LogP contribution in [0.4, 0.5) is 0 Å². The summed E-state index contributed by atoms with van der Waals surface area (Å²) in [7, 11) is -2.79. The molecule has 0 amide bonds. The van der Waals surface area contributed by atoms with Crippen LogP contribution in [0.25, 0.3) is 0 Å². The van der Waals surface area contributed by atoms with Gasteiger partial charge in [-0.2, -0.15) is 0 Å². The molecule has 1 aromatic rings. The van der Waals surface area contributed by atoms with E-state index in [2.05, 4.69) is 43.5 Å². The first-order valence-corrected chi connectivity index (χ1v) is 14.0. The molecule has 0 spiro atoms. The van der Waals surface area contributed by atoms with Gasteiger partial charge in [0.15, 0.2) is 0 Å². The second-order valence-electron chi connectivity index (χ2n) is 7.03. The average molecular weight is 310 g/mol. The first-order chi connectivity index (χ1) is 9.10. The van der Waals surface area contributed by atoms with Crippen molar-refractivity contribution in [1.82, 2.24) is 4.23 Å². The van der Waals surface area contributed by atoms with Gasteiger partial charge in [0.2, 0.25) is 0 Å². The molecule has 0 atom stereocenters. The van der Waals surface area contributed by atoms with Crippen molar-refractivity contribution < 1.29 is 9.53 Å². The van der Waals surface area contributed by atoms with E-state index in [-0.39, 0.29) is 5.97 Å². The molecule has 0 bridgehead atoms. The number of carbonyl (C=O) groups is 1. The molecule has 112 valence electrons. The summed E-state index contributed by atoms with van der Waals surface area (Å²) < 4.78 is 7.96. The van der Waals surface area contributed by atoms with E-state index >= 15 is 0 Å². The van der Waals surface area contributed by atoms with Crippen molar-refractivity contribution in [2.45, 2.75) is 45.7 Å². The number of rotatable bonds is 6. The van der Waals surface area contributed by atoms with Crippen LogP contribution in [-0.4, -0.2) is 33.2 Å². The molecule has 0 saturated heterocycles. The molecule has 0 aromatic heterocycles. The second-order valence-corrected chi connectivity index (χ2v) is 17.2. The van der Waals surface area contributed by atoms with Crippen molar-refractivity contribution in [3.05, 3.63) is 30.3 Å². The molecule has 1 aromatic carbocycles. The van der Waals surface area contributed by atoms with Gasteiger partial charge in [0, 0.05) is 0 Å². The molecular weight excluding hydrogens is 282 g/mol. The lowest BCUT2D eigenvalue weighted by molar-refractivity contribution is -0.134. The Kier molecular flexibility index (Phi) is 5.73. The molecular formula is C15H27NO2Si2. The van der Waals surface area contributed by atoms with Gasteiger partial charge in [0.25, 0.3) is 0 Å². The summed E-state index contributed by atoms with van der Waals surface area (Å²) in [5.74, 6) is 0.489. The minimum absolute atomic E-state index is 0.141. The summed E-state index contributed by atoms with van der Waals surface area (Å²) >= 11 is 0. The van der Waals surface area contributed by atoms with Gasteiger partial charge < -0.3 is 8.97 Å². The van der Waals surface area contributed by atoms with Crippen molar-refractivity contribution in [3.63, 3.8) is 0 Å². The van der Waals surface area contributed by atoms with E-state index in [1.165, 1.54) is 0 Å². The maximum absolute atomic E-state index is 12.0. The molecule has 0 heterocycles. The van der Waals surface area contributed by atoms with E-state index in [0.717, 1.165) is 6.54 Å². The topological polar surface area (TPSA) is 29.5 Å². The van der Waals surface area contributed by atoms with Crippen molar-refractivity contribution in [2.75, 3.05) is 6.54 Å². The van der Waals surface area contributed by atoms with Gasteiger partial charge >= 0.3 is 5.97 Å². The van der Waals surface area contributed by atoms with Gasteiger partial charge in [-0.25, -0.2) is 0 Å². The highest BCUT2D eigenvalue weighted by Crippen LogP contribution is 2.20. The third kappa shape index (κ3) is 5.60. The minimum atomic E-state index is -1.39. The van der Waals surface area contributed by atoms with E-state index in [4.69, 9.17) is 4.74 Å². The number of benzene rings is 1. The first kappa shape index (κ1) is 17.1. The Balaban J connectivity index is 2.58. The molecule has 0 saturated carbocycles. The zero-order valence-corrected chi connectivity index (χ0v) is 15.6. The van der Waals surface area contributed by atoms with E-state index in [1.54, 1.807) is 0 Å². The summed E-state index contributed by atoms with van der Waals surface area (Å²) in [5, 5.41) is 0. The molecule has 3 nitrogen and oxygen atoms in total. The lowest BCUT2D eigenvalue weighted by Gasteiger charge is -2.43. The number of esters is 1. The highest BCUT2D eigenvalue weighted by atomic mass is 28.4. The normalized spacial score (nSPS) is 12.6. The van der Waals surface area contributed by atoms with E-state index in [1.807, 2.05) is 30.3 Å². The summed E-state index contributed by atoms with van der Waals surface area (Å²) in [5.41, 5.74) is 0. The molecule has 0 unspecified atom stereocenters. The highest BCUT2D eigenvalue weighted by molar-refractivity contribution is 6.89. The Hall–Kier alpha value is -0.916. The third-order valence-electron chi connectivity index (χ3n) is 3.13. The quantitative estimate of drug-likeness (QED) is 0.452. The van der Waals surface area contributed by atoms with Crippen LogP contribution in [0, 0.1) is 0 Å². The SMILES string of the molecule is C[Si](C)(C)N(CCC(=O)Oc1ccccc1)[Si](C)(C)C. The monoisotopic (exact) mass is 309 g/mol. The molecule has 0 aliphatic rings. The molecule has 0 N–H and O–H groups in total.